The lowest BCUT2D eigenvalue weighted by molar-refractivity contribution is -0.108. The average molecular weight is 130 g/mol. The number of rotatable bonds is 4. The minimum Gasteiger partial charge on any atom is -0.303 e. The zero-order chi connectivity index (χ0) is 5.54. The molecule has 0 unspecified atom stereocenters. The van der Waals surface area contributed by atoms with Gasteiger partial charge in [0, 0.05) is 12.8 Å². The van der Waals surface area contributed by atoms with E-state index in [2.05, 4.69) is 0 Å². The fraction of sp³-hybridized carbons (Fsp3) is 0.600. The molecule has 0 aliphatic carbocycles. The molecular weight excluding hydrogens is 119 g/mol. The second-order valence-corrected chi connectivity index (χ2v) is 1.26. The first-order valence-electron chi connectivity index (χ1n) is 2.29. The number of hydrogen-bond donors (Lipinski definition) is 0. The van der Waals surface area contributed by atoms with E-state index in [-0.39, 0.29) is 17.4 Å². The summed E-state index contributed by atoms with van der Waals surface area (Å²) in [7, 11) is 0. The largest absolute Gasteiger partial charge is 0.303 e. The topological polar surface area (TPSA) is 34.1 Å². The molecule has 0 atom stereocenters. The summed E-state index contributed by atoms with van der Waals surface area (Å²) in [4.78, 5) is 19.1. The van der Waals surface area contributed by atoms with E-state index in [0.717, 1.165) is 12.6 Å². The first-order chi connectivity index (χ1) is 3.41. The monoisotopic (exact) mass is 130 g/mol. The molecule has 3 heteroatoms. The zero-order valence-electron chi connectivity index (χ0n) is 4.09. The molecule has 0 spiro atoms. The summed E-state index contributed by atoms with van der Waals surface area (Å²) < 4.78 is 0. The Hall–Kier alpha value is -0.128. The van der Waals surface area contributed by atoms with Gasteiger partial charge in [-0.1, -0.05) is 0 Å². The van der Waals surface area contributed by atoms with Gasteiger partial charge in [-0.15, -0.1) is 0 Å². The van der Waals surface area contributed by atoms with Crippen molar-refractivity contribution in [2.75, 3.05) is 0 Å². The van der Waals surface area contributed by atoms with Gasteiger partial charge in [-0.3, -0.25) is 0 Å². The van der Waals surface area contributed by atoms with Gasteiger partial charge in [-0.05, 0) is 6.42 Å². The molecule has 0 aliphatic heterocycles. The van der Waals surface area contributed by atoms with Crippen LogP contribution >= 0.6 is 0 Å². The second-order valence-electron chi connectivity index (χ2n) is 1.26. The Morgan fingerprint density at radius 3 is 1.62 bits per heavy atom. The number of aldehydes is 2. The van der Waals surface area contributed by atoms with Gasteiger partial charge in [0.1, 0.15) is 12.6 Å². The van der Waals surface area contributed by atoms with Crippen molar-refractivity contribution in [2.45, 2.75) is 19.3 Å². The van der Waals surface area contributed by atoms with E-state index >= 15 is 0 Å². The highest BCUT2D eigenvalue weighted by Crippen LogP contribution is 1.85. The Kier molecular flexibility index (Phi) is 13.5. The van der Waals surface area contributed by atoms with Crippen LogP contribution < -0.4 is 0 Å². The van der Waals surface area contributed by atoms with Crippen LogP contribution in [0, 0.1) is 0 Å². The first kappa shape index (κ1) is 10.8. The van der Waals surface area contributed by atoms with Crippen molar-refractivity contribution in [1.82, 2.24) is 0 Å². The van der Waals surface area contributed by atoms with Crippen molar-refractivity contribution in [3.05, 3.63) is 0 Å². The summed E-state index contributed by atoms with van der Waals surface area (Å²) in [5.74, 6) is 0. The summed E-state index contributed by atoms with van der Waals surface area (Å²) in [5, 5.41) is 0. The maximum absolute atomic E-state index is 9.56. The van der Waals surface area contributed by atoms with Gasteiger partial charge < -0.3 is 9.59 Å². The Bertz CT molecular complexity index is 55.4. The lowest BCUT2D eigenvalue weighted by Gasteiger charge is -1.78. The van der Waals surface area contributed by atoms with Crippen LogP contribution in [0.3, 0.4) is 0 Å². The van der Waals surface area contributed by atoms with E-state index < -0.39 is 0 Å². The summed E-state index contributed by atoms with van der Waals surface area (Å²) in [6.07, 6.45) is 3.37. The van der Waals surface area contributed by atoms with Gasteiger partial charge in [-0.2, -0.15) is 0 Å². The van der Waals surface area contributed by atoms with Gasteiger partial charge in [0.15, 0.2) is 17.4 Å². The third-order valence-corrected chi connectivity index (χ3v) is 0.644. The molecule has 0 saturated heterocycles. The number of hydrogen-bond acceptors (Lipinski definition) is 2. The SMILES string of the molecule is O=CCCCC=O.[AlH3]. The Morgan fingerprint density at radius 1 is 1.00 bits per heavy atom. The summed E-state index contributed by atoms with van der Waals surface area (Å²) in [6, 6.07) is 0. The lowest BCUT2D eigenvalue weighted by atomic mass is 10.3. The Labute approximate surface area is 59.4 Å². The van der Waals surface area contributed by atoms with Crippen LogP contribution in [0.2, 0.25) is 0 Å². The predicted octanol–water partition coefficient (Wildman–Crippen LogP) is -0.629. The molecule has 0 radical (unpaired) electrons. The van der Waals surface area contributed by atoms with E-state index in [1.165, 1.54) is 0 Å². The maximum atomic E-state index is 9.56. The minimum absolute atomic E-state index is 0. The highest BCUT2D eigenvalue weighted by Gasteiger charge is 1.80. The van der Waals surface area contributed by atoms with E-state index in [1.54, 1.807) is 0 Å². The van der Waals surface area contributed by atoms with Gasteiger partial charge in [0.25, 0.3) is 0 Å². The van der Waals surface area contributed by atoms with Crippen molar-refractivity contribution in [1.29, 1.82) is 0 Å². The fourth-order valence-corrected chi connectivity index (χ4v) is 0.285. The Balaban J connectivity index is 0. The maximum Gasteiger partial charge on any atom is 0.187 e. The quantitative estimate of drug-likeness (QED) is 0.288. The van der Waals surface area contributed by atoms with Crippen LogP contribution in [-0.4, -0.2) is 29.9 Å². The third-order valence-electron chi connectivity index (χ3n) is 0.644. The van der Waals surface area contributed by atoms with Gasteiger partial charge >= 0.3 is 0 Å². The molecule has 0 N–H and O–H groups in total. The van der Waals surface area contributed by atoms with Gasteiger partial charge in [0.05, 0.1) is 0 Å². The fourth-order valence-electron chi connectivity index (χ4n) is 0.285. The van der Waals surface area contributed by atoms with E-state index in [0.29, 0.717) is 19.3 Å². The van der Waals surface area contributed by atoms with E-state index in [1.807, 2.05) is 0 Å². The number of carbonyl (C=O) groups excluding carboxylic acids is 2. The molecule has 0 saturated carbocycles. The molecule has 8 heavy (non-hydrogen) atoms. The second kappa shape index (κ2) is 9.98. The standard InChI is InChI=1S/C5H8O2.Al.3H/c6-4-2-1-3-5-7;;;;/h4-5H,1-3H2;;;;. The van der Waals surface area contributed by atoms with Gasteiger partial charge in [0.2, 0.25) is 0 Å². The average Bonchev–Trinajstić information content (AvgIpc) is 1.69. The Morgan fingerprint density at radius 2 is 1.38 bits per heavy atom. The highest BCUT2D eigenvalue weighted by molar-refractivity contribution is 5.75. The molecule has 0 heterocycles. The predicted molar refractivity (Wildman–Crippen MR) is 35.9 cm³/mol. The molecule has 0 aromatic carbocycles. The van der Waals surface area contributed by atoms with Crippen LogP contribution in [0.4, 0.5) is 0 Å². The molecule has 0 bridgehead atoms. The van der Waals surface area contributed by atoms with Crippen molar-refractivity contribution >= 4 is 29.9 Å². The summed E-state index contributed by atoms with van der Waals surface area (Å²) in [6.45, 7) is 0. The highest BCUT2D eigenvalue weighted by atomic mass is 27.0. The molecule has 0 aliphatic rings. The van der Waals surface area contributed by atoms with E-state index in [4.69, 9.17) is 0 Å². The molecule has 0 amide bonds. The van der Waals surface area contributed by atoms with Crippen LogP contribution in [0.25, 0.3) is 0 Å². The first-order valence-corrected chi connectivity index (χ1v) is 2.29. The van der Waals surface area contributed by atoms with Gasteiger partial charge in [-0.25, -0.2) is 0 Å². The zero-order valence-corrected chi connectivity index (χ0v) is 4.09. The molecule has 0 rings (SSSR count). The van der Waals surface area contributed by atoms with E-state index in [9.17, 15) is 9.59 Å². The molecule has 0 aromatic rings. The summed E-state index contributed by atoms with van der Waals surface area (Å²) in [5.41, 5.74) is 0. The molecule has 0 aromatic heterocycles. The molecular formula is C5H11AlO2. The van der Waals surface area contributed by atoms with Crippen LogP contribution in [-0.2, 0) is 9.59 Å². The van der Waals surface area contributed by atoms with Crippen molar-refractivity contribution in [3.63, 3.8) is 0 Å². The normalized spacial score (nSPS) is 7.00. The molecule has 2 nitrogen and oxygen atoms in total. The van der Waals surface area contributed by atoms with Crippen molar-refractivity contribution in [3.8, 4) is 0 Å². The van der Waals surface area contributed by atoms with Crippen LogP contribution in [0.1, 0.15) is 19.3 Å². The van der Waals surface area contributed by atoms with Crippen molar-refractivity contribution in [2.24, 2.45) is 0 Å². The minimum atomic E-state index is 0. The molecule has 46 valence electrons. The van der Waals surface area contributed by atoms with Crippen LogP contribution in [0.15, 0.2) is 0 Å². The lowest BCUT2D eigenvalue weighted by Crippen LogP contribution is -1.76. The number of unbranched alkanes of at least 4 members (excludes halogenated alkanes) is 2. The summed E-state index contributed by atoms with van der Waals surface area (Å²) >= 11 is 0. The van der Waals surface area contributed by atoms with Crippen molar-refractivity contribution < 1.29 is 9.59 Å². The molecule has 0 fully saturated rings. The van der Waals surface area contributed by atoms with Crippen LogP contribution in [0.5, 0.6) is 0 Å². The third kappa shape index (κ3) is 9.30. The smallest absolute Gasteiger partial charge is 0.187 e. The number of carbonyl (C=O) groups is 2.